The standard InChI is InChI=1S/C8H11NO4S2/c1-5-3-6(2)14-8(5)15(12,13)9-4-7(10)11/h3,9H,4H2,1-2H3,(H,10,11). The average Bonchev–Trinajstić information content (AvgIpc) is 2.43. The van der Waals surface area contributed by atoms with Gasteiger partial charge in [0.2, 0.25) is 0 Å². The lowest BCUT2D eigenvalue weighted by atomic mass is 10.4. The van der Waals surface area contributed by atoms with Gasteiger partial charge in [-0.2, -0.15) is 4.72 Å². The van der Waals surface area contributed by atoms with Crippen molar-refractivity contribution in [3.8, 4) is 0 Å². The molecule has 0 radical (unpaired) electrons. The number of thiophene rings is 1. The number of sulfonamides is 1. The minimum absolute atomic E-state index is 0.182. The molecule has 1 aromatic heterocycles. The second-order valence-electron chi connectivity index (χ2n) is 3.05. The van der Waals surface area contributed by atoms with Crippen molar-refractivity contribution in [1.82, 2.24) is 4.72 Å². The zero-order valence-corrected chi connectivity index (χ0v) is 9.91. The van der Waals surface area contributed by atoms with Crippen LogP contribution in [0.4, 0.5) is 0 Å². The van der Waals surface area contributed by atoms with E-state index in [0.717, 1.165) is 16.2 Å². The van der Waals surface area contributed by atoms with E-state index in [1.807, 2.05) is 4.72 Å². The number of aliphatic carboxylic acids is 1. The maximum atomic E-state index is 11.6. The zero-order valence-electron chi connectivity index (χ0n) is 8.27. The van der Waals surface area contributed by atoms with E-state index in [-0.39, 0.29) is 4.21 Å². The summed E-state index contributed by atoms with van der Waals surface area (Å²) in [5.74, 6) is -1.20. The molecule has 0 aliphatic carbocycles. The normalized spacial score (nSPS) is 11.6. The van der Waals surface area contributed by atoms with Crippen molar-refractivity contribution in [2.75, 3.05) is 6.54 Å². The molecule has 1 heterocycles. The Bertz CT molecular complexity index is 475. The lowest BCUT2D eigenvalue weighted by molar-refractivity contribution is -0.135. The second-order valence-corrected chi connectivity index (χ2v) is 6.26. The van der Waals surface area contributed by atoms with Gasteiger partial charge < -0.3 is 5.11 Å². The van der Waals surface area contributed by atoms with Crippen LogP contribution in [0.5, 0.6) is 0 Å². The Morgan fingerprint density at radius 1 is 1.53 bits per heavy atom. The molecule has 0 atom stereocenters. The van der Waals surface area contributed by atoms with E-state index in [0.29, 0.717) is 5.56 Å². The quantitative estimate of drug-likeness (QED) is 0.824. The zero-order chi connectivity index (χ0) is 11.6. The molecule has 0 aliphatic rings. The molecule has 5 nitrogen and oxygen atoms in total. The predicted molar refractivity (Wildman–Crippen MR) is 56.6 cm³/mol. The third-order valence-electron chi connectivity index (χ3n) is 1.65. The predicted octanol–water partition coefficient (Wildman–Crippen LogP) is 0.728. The first-order valence-corrected chi connectivity index (χ1v) is 6.41. The Labute approximate surface area is 91.8 Å². The van der Waals surface area contributed by atoms with Crippen molar-refractivity contribution in [1.29, 1.82) is 0 Å². The van der Waals surface area contributed by atoms with Gasteiger partial charge in [-0.15, -0.1) is 11.3 Å². The lowest BCUT2D eigenvalue weighted by Gasteiger charge is -2.02. The molecule has 0 bridgehead atoms. The molecule has 0 aromatic carbocycles. The van der Waals surface area contributed by atoms with E-state index in [9.17, 15) is 13.2 Å². The third-order valence-corrected chi connectivity index (χ3v) is 4.84. The summed E-state index contributed by atoms with van der Waals surface area (Å²) in [6.45, 7) is 2.88. The highest BCUT2D eigenvalue weighted by molar-refractivity contribution is 7.91. The first-order valence-electron chi connectivity index (χ1n) is 4.11. The van der Waals surface area contributed by atoms with E-state index >= 15 is 0 Å². The third kappa shape index (κ3) is 3.01. The molecule has 7 heteroatoms. The number of nitrogens with one attached hydrogen (secondary N) is 1. The van der Waals surface area contributed by atoms with Crippen LogP contribution >= 0.6 is 11.3 Å². The van der Waals surface area contributed by atoms with Crippen LogP contribution in [-0.4, -0.2) is 26.0 Å². The molecule has 0 spiro atoms. The van der Waals surface area contributed by atoms with Gasteiger partial charge in [-0.05, 0) is 25.5 Å². The summed E-state index contributed by atoms with van der Waals surface area (Å²) in [7, 11) is -3.68. The molecular formula is C8H11NO4S2. The van der Waals surface area contributed by atoms with Crippen LogP contribution in [0.1, 0.15) is 10.4 Å². The van der Waals surface area contributed by atoms with Gasteiger partial charge in [0.15, 0.2) is 0 Å². The van der Waals surface area contributed by atoms with Crippen molar-refractivity contribution in [3.05, 3.63) is 16.5 Å². The van der Waals surface area contributed by atoms with Crippen LogP contribution in [0.25, 0.3) is 0 Å². The second kappa shape index (κ2) is 4.30. The van der Waals surface area contributed by atoms with E-state index in [1.54, 1.807) is 19.9 Å². The number of aryl methyl sites for hydroxylation is 2. The van der Waals surface area contributed by atoms with Gasteiger partial charge in [0.05, 0.1) is 0 Å². The number of carbonyl (C=O) groups is 1. The first kappa shape index (κ1) is 12.2. The maximum absolute atomic E-state index is 11.6. The molecular weight excluding hydrogens is 238 g/mol. The van der Waals surface area contributed by atoms with Crippen molar-refractivity contribution in [2.45, 2.75) is 18.1 Å². The molecule has 0 aliphatic heterocycles. The summed E-state index contributed by atoms with van der Waals surface area (Å²) in [6.07, 6.45) is 0. The van der Waals surface area contributed by atoms with Crippen LogP contribution < -0.4 is 4.72 Å². The number of carboxylic acid groups (broad SMARTS) is 1. The van der Waals surface area contributed by atoms with E-state index in [2.05, 4.69) is 0 Å². The molecule has 1 rings (SSSR count). The molecule has 84 valence electrons. The number of carboxylic acids is 1. The molecule has 0 fully saturated rings. The van der Waals surface area contributed by atoms with Gasteiger partial charge in [0, 0.05) is 4.88 Å². The maximum Gasteiger partial charge on any atom is 0.318 e. The van der Waals surface area contributed by atoms with Crippen molar-refractivity contribution >= 4 is 27.3 Å². The van der Waals surface area contributed by atoms with Crippen LogP contribution in [-0.2, 0) is 14.8 Å². The monoisotopic (exact) mass is 249 g/mol. The summed E-state index contributed by atoms with van der Waals surface area (Å²) in [6, 6.07) is 1.75. The summed E-state index contributed by atoms with van der Waals surface area (Å²) in [5, 5.41) is 8.37. The Hall–Kier alpha value is -0.920. The van der Waals surface area contributed by atoms with Gasteiger partial charge in [-0.3, -0.25) is 4.79 Å². The van der Waals surface area contributed by atoms with Gasteiger partial charge in [-0.1, -0.05) is 0 Å². The summed E-state index contributed by atoms with van der Waals surface area (Å²) in [4.78, 5) is 11.1. The summed E-state index contributed by atoms with van der Waals surface area (Å²) >= 11 is 1.13. The molecule has 15 heavy (non-hydrogen) atoms. The van der Waals surface area contributed by atoms with Gasteiger partial charge in [-0.25, -0.2) is 8.42 Å². The average molecular weight is 249 g/mol. The largest absolute Gasteiger partial charge is 0.480 e. The van der Waals surface area contributed by atoms with Crippen molar-refractivity contribution in [3.63, 3.8) is 0 Å². The summed E-state index contributed by atoms with van der Waals surface area (Å²) < 4.78 is 25.4. The molecule has 0 saturated heterocycles. The Balaban J connectivity index is 2.96. The van der Waals surface area contributed by atoms with Crippen LogP contribution in [0.15, 0.2) is 10.3 Å². The molecule has 0 unspecified atom stereocenters. The fraction of sp³-hybridized carbons (Fsp3) is 0.375. The van der Waals surface area contributed by atoms with E-state index < -0.39 is 22.5 Å². The number of hydrogen-bond acceptors (Lipinski definition) is 4. The lowest BCUT2D eigenvalue weighted by Crippen LogP contribution is -2.29. The van der Waals surface area contributed by atoms with Crippen LogP contribution in [0, 0.1) is 13.8 Å². The SMILES string of the molecule is Cc1cc(C)c(S(=O)(=O)NCC(=O)O)s1. The molecule has 1 aromatic rings. The highest BCUT2D eigenvalue weighted by atomic mass is 32.2. The fourth-order valence-electron chi connectivity index (χ4n) is 1.11. The Kier molecular flexibility index (Phi) is 3.48. The van der Waals surface area contributed by atoms with E-state index in [1.165, 1.54) is 0 Å². The molecule has 0 saturated carbocycles. The smallest absolute Gasteiger partial charge is 0.318 e. The number of rotatable bonds is 4. The van der Waals surface area contributed by atoms with Crippen LogP contribution in [0.3, 0.4) is 0 Å². The van der Waals surface area contributed by atoms with Crippen molar-refractivity contribution in [2.24, 2.45) is 0 Å². The fourth-order valence-corrected chi connectivity index (χ4v) is 3.79. The topological polar surface area (TPSA) is 83.5 Å². The minimum Gasteiger partial charge on any atom is -0.480 e. The minimum atomic E-state index is -3.68. The van der Waals surface area contributed by atoms with Gasteiger partial charge in [0.1, 0.15) is 10.8 Å². The van der Waals surface area contributed by atoms with Gasteiger partial charge >= 0.3 is 5.97 Å². The molecule has 0 amide bonds. The van der Waals surface area contributed by atoms with Crippen molar-refractivity contribution < 1.29 is 18.3 Å². The highest BCUT2D eigenvalue weighted by Gasteiger charge is 2.19. The number of hydrogen-bond donors (Lipinski definition) is 2. The Morgan fingerprint density at radius 2 is 2.13 bits per heavy atom. The van der Waals surface area contributed by atoms with Crippen LogP contribution in [0.2, 0.25) is 0 Å². The first-order chi connectivity index (χ1) is 6.83. The molecule has 2 N–H and O–H groups in total. The van der Waals surface area contributed by atoms with Gasteiger partial charge in [0.25, 0.3) is 10.0 Å². The van der Waals surface area contributed by atoms with E-state index in [4.69, 9.17) is 5.11 Å². The Morgan fingerprint density at radius 3 is 2.53 bits per heavy atom. The summed E-state index contributed by atoms with van der Waals surface area (Å²) in [5.41, 5.74) is 0.635. The highest BCUT2D eigenvalue weighted by Crippen LogP contribution is 2.25.